The number of benzene rings is 1. The zero-order chi connectivity index (χ0) is 13.7. The van der Waals surface area contributed by atoms with Gasteiger partial charge in [-0.25, -0.2) is 0 Å². The smallest absolute Gasteiger partial charge is 0.303 e. The van der Waals surface area contributed by atoms with Crippen LogP contribution >= 0.6 is 0 Å². The van der Waals surface area contributed by atoms with Gasteiger partial charge >= 0.3 is 5.97 Å². The zero-order valence-corrected chi connectivity index (χ0v) is 11.1. The van der Waals surface area contributed by atoms with Gasteiger partial charge in [0.15, 0.2) is 11.5 Å². The molecule has 5 heteroatoms. The highest BCUT2D eigenvalue weighted by molar-refractivity contribution is 5.66. The Morgan fingerprint density at radius 3 is 2.89 bits per heavy atom. The Morgan fingerprint density at radius 1 is 1.32 bits per heavy atom. The molecule has 2 rings (SSSR count). The molecule has 0 atom stereocenters. The van der Waals surface area contributed by atoms with Gasteiger partial charge in [-0.2, -0.15) is 0 Å². The van der Waals surface area contributed by atoms with E-state index in [0.29, 0.717) is 13.2 Å². The third kappa shape index (κ3) is 4.13. The molecule has 0 amide bonds. The van der Waals surface area contributed by atoms with Crippen LogP contribution in [0, 0.1) is 0 Å². The summed E-state index contributed by atoms with van der Waals surface area (Å²) in [6.07, 6.45) is 1.83. The molecular weight excluding hydrogens is 246 g/mol. The van der Waals surface area contributed by atoms with Crippen molar-refractivity contribution in [1.29, 1.82) is 0 Å². The van der Waals surface area contributed by atoms with Gasteiger partial charge in [0.25, 0.3) is 0 Å². The Kier molecular flexibility index (Phi) is 4.63. The third-order valence-electron chi connectivity index (χ3n) is 3.15. The van der Waals surface area contributed by atoms with Crippen LogP contribution in [0.1, 0.15) is 18.4 Å². The fourth-order valence-corrected chi connectivity index (χ4v) is 2.03. The number of fused-ring (bicyclic) bond motifs is 1. The second-order valence-electron chi connectivity index (χ2n) is 4.74. The molecule has 0 unspecified atom stereocenters. The fraction of sp³-hybridized carbons (Fsp3) is 0.500. The molecule has 0 saturated heterocycles. The lowest BCUT2D eigenvalue weighted by Crippen LogP contribution is -2.23. The van der Waals surface area contributed by atoms with E-state index in [2.05, 4.69) is 4.90 Å². The number of hydrogen-bond acceptors (Lipinski definition) is 4. The van der Waals surface area contributed by atoms with Crippen molar-refractivity contribution in [3.05, 3.63) is 23.8 Å². The van der Waals surface area contributed by atoms with Crippen molar-refractivity contribution < 1.29 is 19.4 Å². The summed E-state index contributed by atoms with van der Waals surface area (Å²) in [6, 6.07) is 5.98. The highest BCUT2D eigenvalue weighted by atomic mass is 16.7. The molecule has 0 fully saturated rings. The Labute approximate surface area is 112 Å². The standard InChI is InChI=1S/C14H19NO4/c1-15(7-2-3-14(16)17)8-6-11-4-5-12-13(9-11)19-10-18-12/h4-5,9H,2-3,6-8,10H2,1H3,(H,16,17). The maximum Gasteiger partial charge on any atom is 0.303 e. The number of nitrogens with zero attached hydrogens (tertiary/aromatic N) is 1. The molecule has 1 aliphatic heterocycles. The van der Waals surface area contributed by atoms with Crippen molar-refractivity contribution in [1.82, 2.24) is 4.90 Å². The molecule has 1 aromatic rings. The van der Waals surface area contributed by atoms with Crippen LogP contribution in [0.4, 0.5) is 0 Å². The molecule has 5 nitrogen and oxygen atoms in total. The van der Waals surface area contributed by atoms with E-state index in [-0.39, 0.29) is 6.42 Å². The number of hydrogen-bond donors (Lipinski definition) is 1. The molecule has 0 aliphatic carbocycles. The highest BCUT2D eigenvalue weighted by Crippen LogP contribution is 2.32. The van der Waals surface area contributed by atoms with Crippen LogP contribution in [0.5, 0.6) is 11.5 Å². The minimum Gasteiger partial charge on any atom is -0.481 e. The van der Waals surface area contributed by atoms with Gasteiger partial charge in [0.05, 0.1) is 0 Å². The van der Waals surface area contributed by atoms with E-state index in [9.17, 15) is 4.79 Å². The minimum absolute atomic E-state index is 0.231. The van der Waals surface area contributed by atoms with Crippen LogP contribution in [-0.4, -0.2) is 42.9 Å². The number of ether oxygens (including phenoxy) is 2. The fourth-order valence-electron chi connectivity index (χ4n) is 2.03. The monoisotopic (exact) mass is 265 g/mol. The Hall–Kier alpha value is -1.75. The van der Waals surface area contributed by atoms with E-state index >= 15 is 0 Å². The van der Waals surface area contributed by atoms with Gasteiger partial charge < -0.3 is 19.5 Å². The molecule has 1 N–H and O–H groups in total. The summed E-state index contributed by atoms with van der Waals surface area (Å²) in [5.74, 6) is 0.883. The van der Waals surface area contributed by atoms with E-state index in [1.165, 1.54) is 5.56 Å². The lowest BCUT2D eigenvalue weighted by Gasteiger charge is -2.15. The summed E-state index contributed by atoms with van der Waals surface area (Å²) in [6.45, 7) is 2.00. The van der Waals surface area contributed by atoms with Crippen molar-refractivity contribution in [2.24, 2.45) is 0 Å². The second kappa shape index (κ2) is 6.43. The molecule has 1 heterocycles. The molecule has 0 spiro atoms. The molecule has 0 bridgehead atoms. The molecule has 0 aromatic heterocycles. The van der Waals surface area contributed by atoms with Gasteiger partial charge in [-0.3, -0.25) is 4.79 Å². The van der Waals surface area contributed by atoms with Crippen LogP contribution in [0.2, 0.25) is 0 Å². The predicted molar refractivity (Wildman–Crippen MR) is 70.6 cm³/mol. The first kappa shape index (κ1) is 13.7. The first-order valence-corrected chi connectivity index (χ1v) is 6.44. The minimum atomic E-state index is -0.732. The number of likely N-dealkylation sites (N-methyl/N-ethyl adjacent to an activating group) is 1. The maximum atomic E-state index is 10.4. The van der Waals surface area contributed by atoms with Gasteiger partial charge in [-0.15, -0.1) is 0 Å². The average Bonchev–Trinajstić information content (AvgIpc) is 2.83. The van der Waals surface area contributed by atoms with Crippen molar-refractivity contribution in [3.63, 3.8) is 0 Å². The summed E-state index contributed by atoms with van der Waals surface area (Å²) in [4.78, 5) is 12.6. The Balaban J connectivity index is 1.74. The van der Waals surface area contributed by atoms with E-state index in [1.807, 2.05) is 25.2 Å². The molecule has 0 radical (unpaired) electrons. The van der Waals surface area contributed by atoms with Crippen LogP contribution < -0.4 is 9.47 Å². The number of carboxylic acid groups (broad SMARTS) is 1. The van der Waals surface area contributed by atoms with Gasteiger partial charge in [-0.05, 0) is 44.1 Å². The predicted octanol–water partition coefficient (Wildman–Crippen LogP) is 1.75. The van der Waals surface area contributed by atoms with Crippen molar-refractivity contribution in [3.8, 4) is 11.5 Å². The van der Waals surface area contributed by atoms with Crippen LogP contribution in [0.25, 0.3) is 0 Å². The summed E-state index contributed by atoms with van der Waals surface area (Å²) >= 11 is 0. The molecular formula is C14H19NO4. The second-order valence-corrected chi connectivity index (χ2v) is 4.74. The summed E-state index contributed by atoms with van der Waals surface area (Å²) < 4.78 is 10.6. The largest absolute Gasteiger partial charge is 0.481 e. The van der Waals surface area contributed by atoms with Crippen LogP contribution in [0.3, 0.4) is 0 Å². The topological polar surface area (TPSA) is 59.0 Å². The van der Waals surface area contributed by atoms with Gasteiger partial charge in [-0.1, -0.05) is 6.07 Å². The first-order chi connectivity index (χ1) is 9.15. The van der Waals surface area contributed by atoms with Crippen molar-refractivity contribution >= 4 is 5.97 Å². The van der Waals surface area contributed by atoms with Gasteiger partial charge in [0.2, 0.25) is 6.79 Å². The normalized spacial score (nSPS) is 12.9. The summed E-state index contributed by atoms with van der Waals surface area (Å²) in [7, 11) is 2.01. The Bertz CT molecular complexity index is 447. The van der Waals surface area contributed by atoms with Crippen molar-refractivity contribution in [2.75, 3.05) is 26.9 Å². The number of carbonyl (C=O) groups is 1. The maximum absolute atomic E-state index is 10.4. The highest BCUT2D eigenvalue weighted by Gasteiger charge is 2.13. The molecule has 1 aliphatic rings. The number of aliphatic carboxylic acids is 1. The van der Waals surface area contributed by atoms with Crippen LogP contribution in [0.15, 0.2) is 18.2 Å². The summed E-state index contributed by atoms with van der Waals surface area (Å²) in [5, 5.41) is 8.58. The van der Waals surface area contributed by atoms with Gasteiger partial charge in [0.1, 0.15) is 0 Å². The third-order valence-corrected chi connectivity index (χ3v) is 3.15. The quantitative estimate of drug-likeness (QED) is 0.814. The molecule has 1 aromatic carbocycles. The van der Waals surface area contributed by atoms with E-state index in [1.54, 1.807) is 0 Å². The first-order valence-electron chi connectivity index (χ1n) is 6.44. The zero-order valence-electron chi connectivity index (χ0n) is 11.1. The molecule has 19 heavy (non-hydrogen) atoms. The lowest BCUT2D eigenvalue weighted by molar-refractivity contribution is -0.137. The van der Waals surface area contributed by atoms with E-state index in [0.717, 1.165) is 31.0 Å². The molecule has 104 valence electrons. The van der Waals surface area contributed by atoms with E-state index in [4.69, 9.17) is 14.6 Å². The van der Waals surface area contributed by atoms with Crippen molar-refractivity contribution in [2.45, 2.75) is 19.3 Å². The van der Waals surface area contributed by atoms with Gasteiger partial charge in [0, 0.05) is 13.0 Å². The number of carboxylic acids is 1. The van der Waals surface area contributed by atoms with Crippen LogP contribution in [-0.2, 0) is 11.2 Å². The Morgan fingerprint density at radius 2 is 2.11 bits per heavy atom. The van der Waals surface area contributed by atoms with E-state index < -0.39 is 5.97 Å². The average molecular weight is 265 g/mol. The number of rotatable bonds is 7. The lowest BCUT2D eigenvalue weighted by atomic mass is 10.1. The molecule has 0 saturated carbocycles. The summed E-state index contributed by atoms with van der Waals surface area (Å²) in [5.41, 5.74) is 1.20. The SMILES string of the molecule is CN(CCCC(=O)O)CCc1ccc2c(c1)OCO2.